The van der Waals surface area contributed by atoms with Gasteiger partial charge >= 0.3 is 0 Å². The predicted octanol–water partition coefficient (Wildman–Crippen LogP) is 5.75. The second-order valence-corrected chi connectivity index (χ2v) is 6.68. The van der Waals surface area contributed by atoms with E-state index in [2.05, 4.69) is 15.9 Å². The Kier molecular flexibility index (Phi) is 4.71. The van der Waals surface area contributed by atoms with Crippen LogP contribution in [0.4, 0.5) is 0 Å². The van der Waals surface area contributed by atoms with Crippen LogP contribution in [0.5, 0.6) is 0 Å². The lowest BCUT2D eigenvalue weighted by molar-refractivity contribution is 1.18. The Morgan fingerprint density at radius 3 is 2.14 bits per heavy atom. The molecule has 6 heteroatoms. The Balaban J connectivity index is 3.28. The molecule has 0 saturated carbocycles. The van der Waals surface area contributed by atoms with Gasteiger partial charge in [0.15, 0.2) is 0 Å². The lowest BCUT2D eigenvalue weighted by Crippen LogP contribution is -2.03. The molecule has 0 amide bonds. The monoisotopic (exact) mass is 354 g/mol. The van der Waals surface area contributed by atoms with Crippen LogP contribution in [0.2, 0.25) is 0 Å². The molecule has 0 heterocycles. The van der Waals surface area contributed by atoms with E-state index in [4.69, 9.17) is 58.0 Å². The third kappa shape index (κ3) is 3.07. The largest absolute Gasteiger partial charge is 0.217 e. The number of alkyl halides is 5. The first-order valence-electron chi connectivity index (χ1n) is 3.48. The molecular weight excluding hydrogens is 353 g/mol. The average molecular weight is 357 g/mol. The molecule has 0 aliphatic carbocycles. The summed E-state index contributed by atoms with van der Waals surface area (Å²) in [7, 11) is 0. The van der Waals surface area contributed by atoms with Gasteiger partial charge in [-0.2, -0.15) is 0 Å². The van der Waals surface area contributed by atoms with E-state index < -0.39 is 8.63 Å². The van der Waals surface area contributed by atoms with Crippen molar-refractivity contribution in [2.75, 3.05) is 0 Å². The molecule has 78 valence electrons. The zero-order valence-corrected chi connectivity index (χ0v) is 11.9. The number of hydrogen-bond acceptors (Lipinski definition) is 0. The number of rotatable bonds is 1. The normalized spacial score (nSPS) is 12.2. The van der Waals surface area contributed by atoms with Crippen molar-refractivity contribution in [2.45, 2.75) is 8.63 Å². The molecule has 0 atom stereocenters. The van der Waals surface area contributed by atoms with Crippen LogP contribution in [-0.2, 0) is 3.79 Å². The zero-order valence-electron chi connectivity index (χ0n) is 6.58. The molecule has 0 nitrogen and oxygen atoms in total. The van der Waals surface area contributed by atoms with E-state index in [1.165, 1.54) is 0 Å². The highest BCUT2D eigenvalue weighted by Gasteiger charge is 2.27. The fraction of sp³-hybridized carbons (Fsp3) is 0.250. The minimum atomic E-state index is -1.49. The van der Waals surface area contributed by atoms with Crippen molar-refractivity contribution in [3.05, 3.63) is 33.8 Å². The Hall–Kier alpha value is 1.15. The second kappa shape index (κ2) is 4.99. The van der Waals surface area contributed by atoms with Crippen LogP contribution in [-0.4, -0.2) is 0 Å². The van der Waals surface area contributed by atoms with Gasteiger partial charge in [0.25, 0.3) is 0 Å². The van der Waals surface area contributed by atoms with Gasteiger partial charge in [-0.1, -0.05) is 53.0 Å². The highest BCUT2D eigenvalue weighted by atomic mass is 79.9. The first kappa shape index (κ1) is 13.2. The van der Waals surface area contributed by atoms with Gasteiger partial charge in [0.05, 0.1) is 0 Å². The summed E-state index contributed by atoms with van der Waals surface area (Å²) in [6.45, 7) is 0. The second-order valence-electron chi connectivity index (χ2n) is 2.51. The standard InChI is InChI=1S/C8H4BrCl5/c9-6-4(7(10)11)2-1-3-5(6)8(12,13)14/h1-3,7H. The maximum atomic E-state index is 5.76. The van der Waals surface area contributed by atoms with Gasteiger partial charge < -0.3 is 0 Å². The third-order valence-electron chi connectivity index (χ3n) is 1.57. The molecule has 0 spiro atoms. The van der Waals surface area contributed by atoms with E-state index in [-0.39, 0.29) is 0 Å². The van der Waals surface area contributed by atoms with Crippen molar-refractivity contribution >= 4 is 73.9 Å². The van der Waals surface area contributed by atoms with Crippen LogP contribution < -0.4 is 0 Å². The maximum Gasteiger partial charge on any atom is 0.217 e. The first-order valence-corrected chi connectivity index (χ1v) is 6.27. The van der Waals surface area contributed by atoms with Gasteiger partial charge in [0.2, 0.25) is 3.79 Å². The van der Waals surface area contributed by atoms with Crippen molar-refractivity contribution in [1.82, 2.24) is 0 Å². The minimum Gasteiger partial charge on any atom is -0.100 e. The summed E-state index contributed by atoms with van der Waals surface area (Å²) in [4.78, 5) is -0.656. The molecule has 0 bridgehead atoms. The Bertz CT molecular complexity index is 331. The number of benzene rings is 1. The van der Waals surface area contributed by atoms with Crippen molar-refractivity contribution in [1.29, 1.82) is 0 Å². The van der Waals surface area contributed by atoms with E-state index in [0.717, 1.165) is 0 Å². The van der Waals surface area contributed by atoms with Gasteiger partial charge in [0.1, 0.15) is 4.84 Å². The molecule has 1 aromatic rings. The molecule has 14 heavy (non-hydrogen) atoms. The molecule has 0 saturated heterocycles. The van der Waals surface area contributed by atoms with Gasteiger partial charge in [-0.05, 0) is 21.5 Å². The van der Waals surface area contributed by atoms with E-state index in [9.17, 15) is 0 Å². The fourth-order valence-corrected chi connectivity index (χ4v) is 3.17. The van der Waals surface area contributed by atoms with Crippen molar-refractivity contribution in [2.24, 2.45) is 0 Å². The zero-order chi connectivity index (χ0) is 10.9. The molecule has 0 N–H and O–H groups in total. The van der Waals surface area contributed by atoms with Crippen LogP contribution in [0.3, 0.4) is 0 Å². The topological polar surface area (TPSA) is 0 Å². The van der Waals surface area contributed by atoms with Gasteiger partial charge in [-0.3, -0.25) is 0 Å². The summed E-state index contributed by atoms with van der Waals surface area (Å²) in [5, 5.41) is 0. The molecule has 0 fully saturated rings. The molecule has 1 aromatic carbocycles. The van der Waals surface area contributed by atoms with E-state index >= 15 is 0 Å². The van der Waals surface area contributed by atoms with Crippen LogP contribution in [0.1, 0.15) is 16.0 Å². The maximum absolute atomic E-state index is 5.76. The highest BCUT2D eigenvalue weighted by Crippen LogP contribution is 2.44. The molecule has 0 aliphatic heterocycles. The van der Waals surface area contributed by atoms with Gasteiger partial charge in [0, 0.05) is 10.0 Å². The summed E-state index contributed by atoms with van der Waals surface area (Å²) >= 11 is 32.0. The van der Waals surface area contributed by atoms with E-state index in [1.807, 2.05) is 0 Å². The quantitative estimate of drug-likeness (QED) is 0.561. The van der Waals surface area contributed by atoms with Gasteiger partial charge in [-0.15, -0.1) is 23.2 Å². The van der Waals surface area contributed by atoms with Crippen LogP contribution >= 0.6 is 73.9 Å². The van der Waals surface area contributed by atoms with Crippen molar-refractivity contribution in [3.8, 4) is 0 Å². The van der Waals surface area contributed by atoms with E-state index in [0.29, 0.717) is 15.6 Å². The summed E-state index contributed by atoms with van der Waals surface area (Å²) in [6.07, 6.45) is 0. The summed E-state index contributed by atoms with van der Waals surface area (Å²) in [5.41, 5.74) is 1.20. The van der Waals surface area contributed by atoms with Crippen molar-refractivity contribution < 1.29 is 0 Å². The fourth-order valence-electron chi connectivity index (χ4n) is 0.937. The van der Waals surface area contributed by atoms with E-state index in [1.54, 1.807) is 18.2 Å². The number of hydrogen-bond donors (Lipinski definition) is 0. The summed E-state index contributed by atoms with van der Waals surface area (Å²) < 4.78 is -0.868. The smallest absolute Gasteiger partial charge is 0.100 e. The lowest BCUT2D eigenvalue weighted by Gasteiger charge is -2.16. The predicted molar refractivity (Wildman–Crippen MR) is 67.8 cm³/mol. The summed E-state index contributed by atoms with van der Waals surface area (Å²) in [5.74, 6) is 0. The minimum absolute atomic E-state index is 0.520. The third-order valence-corrected chi connectivity index (χ3v) is 3.54. The Morgan fingerprint density at radius 1 is 1.14 bits per heavy atom. The van der Waals surface area contributed by atoms with Gasteiger partial charge in [-0.25, -0.2) is 0 Å². The molecule has 0 unspecified atom stereocenters. The Labute approximate surface area is 116 Å². The van der Waals surface area contributed by atoms with Crippen molar-refractivity contribution in [3.63, 3.8) is 0 Å². The lowest BCUT2D eigenvalue weighted by atomic mass is 10.1. The molecule has 1 rings (SSSR count). The first-order chi connectivity index (χ1) is 6.34. The highest BCUT2D eigenvalue weighted by molar-refractivity contribution is 9.10. The van der Waals surface area contributed by atoms with Crippen LogP contribution in [0.15, 0.2) is 22.7 Å². The van der Waals surface area contributed by atoms with Crippen LogP contribution in [0, 0.1) is 0 Å². The SMILES string of the molecule is ClC(Cl)c1cccc(C(Cl)(Cl)Cl)c1Br. The summed E-state index contributed by atoms with van der Waals surface area (Å²) in [6, 6.07) is 5.18. The average Bonchev–Trinajstić information content (AvgIpc) is 2.01. The molecular formula is C8H4BrCl5. The molecule has 0 radical (unpaired) electrons. The number of halogens is 6. The molecule has 0 aromatic heterocycles. The molecule has 0 aliphatic rings. The Morgan fingerprint density at radius 2 is 1.71 bits per heavy atom. The van der Waals surface area contributed by atoms with Crippen LogP contribution in [0.25, 0.3) is 0 Å².